The van der Waals surface area contributed by atoms with Gasteiger partial charge in [0.15, 0.2) is 11.5 Å². The number of hydrogen-bond acceptors (Lipinski definition) is 4. The van der Waals surface area contributed by atoms with Crippen LogP contribution in [0.4, 0.5) is 0 Å². The Balaban J connectivity index is 2.45. The predicted molar refractivity (Wildman–Crippen MR) is 81.1 cm³/mol. The van der Waals surface area contributed by atoms with Crippen LogP contribution < -0.4 is 9.47 Å². The van der Waals surface area contributed by atoms with Crippen LogP contribution in [0, 0.1) is 11.3 Å². The van der Waals surface area contributed by atoms with E-state index >= 15 is 0 Å². The fourth-order valence-corrected chi connectivity index (χ4v) is 1.97. The van der Waals surface area contributed by atoms with E-state index in [1.165, 1.54) is 0 Å². The molecule has 4 heteroatoms. The summed E-state index contributed by atoms with van der Waals surface area (Å²) in [7, 11) is 3.11. The molecule has 0 aliphatic rings. The second kappa shape index (κ2) is 6.49. The molecule has 0 unspecified atom stereocenters. The number of hydrogen-bond donors (Lipinski definition) is 1. The number of nitriles is 1. The number of aromatic hydroxyl groups is 1. The van der Waals surface area contributed by atoms with Crippen LogP contribution in [0.15, 0.2) is 42.5 Å². The Labute approximate surface area is 123 Å². The van der Waals surface area contributed by atoms with E-state index in [2.05, 4.69) is 6.07 Å². The van der Waals surface area contributed by atoms with Crippen LogP contribution in [-0.4, -0.2) is 19.3 Å². The molecule has 1 N–H and O–H groups in total. The van der Waals surface area contributed by atoms with Crippen LogP contribution >= 0.6 is 0 Å². The van der Waals surface area contributed by atoms with Crippen molar-refractivity contribution in [3.8, 4) is 23.3 Å². The molecule has 2 rings (SSSR count). The third-order valence-corrected chi connectivity index (χ3v) is 3.00. The van der Waals surface area contributed by atoms with Crippen LogP contribution in [-0.2, 0) is 0 Å². The number of allylic oxidation sites excluding steroid dienone is 1. The fourth-order valence-electron chi connectivity index (χ4n) is 1.97. The van der Waals surface area contributed by atoms with E-state index in [1.54, 1.807) is 56.7 Å². The first-order valence-electron chi connectivity index (χ1n) is 6.31. The molecule has 0 saturated heterocycles. The first kappa shape index (κ1) is 14.5. The molecule has 21 heavy (non-hydrogen) atoms. The standard InChI is InChI=1S/C17H15NO3/c1-20-16-7-6-13(10-17(16)21-2)14(11-18)8-12-4-3-5-15(19)9-12/h3-10,19H,1-2H3/b14-8+. The molecule has 2 aromatic rings. The van der Waals surface area contributed by atoms with Gasteiger partial charge in [-0.15, -0.1) is 0 Å². The molecule has 2 aromatic carbocycles. The fraction of sp³-hybridized carbons (Fsp3) is 0.118. The van der Waals surface area contributed by atoms with E-state index in [9.17, 15) is 10.4 Å². The summed E-state index contributed by atoms with van der Waals surface area (Å²) < 4.78 is 10.4. The molecule has 0 spiro atoms. The van der Waals surface area contributed by atoms with E-state index in [4.69, 9.17) is 9.47 Å². The molecule has 0 aliphatic heterocycles. The number of ether oxygens (including phenoxy) is 2. The van der Waals surface area contributed by atoms with Gasteiger partial charge in [0.2, 0.25) is 0 Å². The van der Waals surface area contributed by atoms with Gasteiger partial charge in [-0.2, -0.15) is 5.26 Å². The van der Waals surface area contributed by atoms with E-state index in [1.807, 2.05) is 6.07 Å². The highest BCUT2D eigenvalue weighted by atomic mass is 16.5. The third-order valence-electron chi connectivity index (χ3n) is 3.00. The Morgan fingerprint density at radius 2 is 1.86 bits per heavy atom. The lowest BCUT2D eigenvalue weighted by Crippen LogP contribution is -1.92. The highest BCUT2D eigenvalue weighted by Crippen LogP contribution is 2.31. The molecular formula is C17H15NO3. The van der Waals surface area contributed by atoms with Crippen LogP contribution in [0.5, 0.6) is 17.2 Å². The van der Waals surface area contributed by atoms with Crippen molar-refractivity contribution < 1.29 is 14.6 Å². The summed E-state index contributed by atoms with van der Waals surface area (Å²) in [5.41, 5.74) is 1.95. The van der Waals surface area contributed by atoms with E-state index in [0.717, 1.165) is 11.1 Å². The van der Waals surface area contributed by atoms with Crippen LogP contribution in [0.1, 0.15) is 11.1 Å². The van der Waals surface area contributed by atoms with E-state index in [0.29, 0.717) is 17.1 Å². The zero-order valence-corrected chi connectivity index (χ0v) is 11.8. The van der Waals surface area contributed by atoms with Crippen LogP contribution in [0.25, 0.3) is 11.6 Å². The summed E-state index contributed by atoms with van der Waals surface area (Å²) in [5.74, 6) is 1.33. The molecule has 0 fully saturated rings. The lowest BCUT2D eigenvalue weighted by Gasteiger charge is -2.09. The maximum atomic E-state index is 9.47. The Bertz CT molecular complexity index is 714. The highest BCUT2D eigenvalue weighted by molar-refractivity contribution is 5.90. The van der Waals surface area contributed by atoms with Crippen LogP contribution in [0.2, 0.25) is 0 Å². The molecular weight excluding hydrogens is 266 g/mol. The van der Waals surface area contributed by atoms with Crippen molar-refractivity contribution in [2.24, 2.45) is 0 Å². The Morgan fingerprint density at radius 3 is 2.48 bits per heavy atom. The molecule has 0 aromatic heterocycles. The topological polar surface area (TPSA) is 62.5 Å². The van der Waals surface area contributed by atoms with E-state index < -0.39 is 0 Å². The van der Waals surface area contributed by atoms with Gasteiger partial charge in [0, 0.05) is 0 Å². The van der Waals surface area contributed by atoms with Gasteiger partial charge < -0.3 is 14.6 Å². The molecule has 0 heterocycles. The summed E-state index contributed by atoms with van der Waals surface area (Å²) in [6.45, 7) is 0. The Hall–Kier alpha value is -2.93. The van der Waals surface area contributed by atoms with Crippen molar-refractivity contribution in [1.29, 1.82) is 5.26 Å². The lowest BCUT2D eigenvalue weighted by molar-refractivity contribution is 0.355. The van der Waals surface area contributed by atoms with E-state index in [-0.39, 0.29) is 5.75 Å². The van der Waals surface area contributed by atoms with Crippen molar-refractivity contribution in [3.05, 3.63) is 53.6 Å². The SMILES string of the molecule is COc1ccc(/C(C#N)=C/c2cccc(O)c2)cc1OC. The van der Waals surface area contributed by atoms with Gasteiger partial charge in [-0.05, 0) is 47.5 Å². The first-order valence-corrected chi connectivity index (χ1v) is 6.31. The van der Waals surface area contributed by atoms with Gasteiger partial charge >= 0.3 is 0 Å². The summed E-state index contributed by atoms with van der Waals surface area (Å²) in [4.78, 5) is 0. The quantitative estimate of drug-likeness (QED) is 0.688. The minimum Gasteiger partial charge on any atom is -0.508 e. The van der Waals surface area contributed by atoms with Gasteiger partial charge in [0.1, 0.15) is 5.75 Å². The van der Waals surface area contributed by atoms with Gasteiger partial charge in [0.25, 0.3) is 0 Å². The number of rotatable bonds is 4. The largest absolute Gasteiger partial charge is 0.508 e. The van der Waals surface area contributed by atoms with Gasteiger partial charge in [-0.3, -0.25) is 0 Å². The summed E-state index contributed by atoms with van der Waals surface area (Å²) >= 11 is 0. The van der Waals surface area contributed by atoms with Crippen LogP contribution in [0.3, 0.4) is 0 Å². The zero-order chi connectivity index (χ0) is 15.2. The third kappa shape index (κ3) is 3.34. The Morgan fingerprint density at radius 1 is 1.10 bits per heavy atom. The normalized spacial score (nSPS) is 10.8. The molecule has 0 radical (unpaired) electrons. The lowest BCUT2D eigenvalue weighted by atomic mass is 10.0. The summed E-state index contributed by atoms with van der Waals surface area (Å²) in [6.07, 6.45) is 1.71. The molecule has 0 amide bonds. The second-order valence-corrected chi connectivity index (χ2v) is 4.33. The first-order chi connectivity index (χ1) is 10.2. The Kier molecular flexibility index (Phi) is 4.47. The van der Waals surface area contributed by atoms with Gasteiger partial charge in [-0.25, -0.2) is 0 Å². The zero-order valence-electron chi connectivity index (χ0n) is 11.8. The highest BCUT2D eigenvalue weighted by Gasteiger charge is 2.08. The smallest absolute Gasteiger partial charge is 0.161 e. The van der Waals surface area contributed by atoms with Gasteiger partial charge in [0.05, 0.1) is 25.9 Å². The minimum atomic E-state index is 0.161. The summed E-state index contributed by atoms with van der Waals surface area (Å²) in [6, 6.07) is 14.2. The molecule has 0 aliphatic carbocycles. The van der Waals surface area contributed by atoms with Crippen molar-refractivity contribution >= 4 is 11.6 Å². The predicted octanol–water partition coefficient (Wildman–Crippen LogP) is 3.47. The molecule has 0 bridgehead atoms. The monoisotopic (exact) mass is 281 g/mol. The van der Waals surface area contributed by atoms with Crippen molar-refractivity contribution in [2.45, 2.75) is 0 Å². The second-order valence-electron chi connectivity index (χ2n) is 4.33. The molecule has 0 atom stereocenters. The average molecular weight is 281 g/mol. The maximum Gasteiger partial charge on any atom is 0.161 e. The minimum absolute atomic E-state index is 0.161. The molecule has 4 nitrogen and oxygen atoms in total. The number of benzene rings is 2. The van der Waals surface area contributed by atoms with Crippen molar-refractivity contribution in [2.75, 3.05) is 14.2 Å². The summed E-state index contributed by atoms with van der Waals surface area (Å²) in [5, 5.41) is 18.8. The number of methoxy groups -OCH3 is 2. The number of nitrogens with zero attached hydrogens (tertiary/aromatic N) is 1. The van der Waals surface area contributed by atoms with Crippen molar-refractivity contribution in [3.63, 3.8) is 0 Å². The molecule has 0 saturated carbocycles. The molecule has 106 valence electrons. The maximum absolute atomic E-state index is 9.47. The average Bonchev–Trinajstić information content (AvgIpc) is 2.52. The number of phenols is 1. The van der Waals surface area contributed by atoms with Crippen molar-refractivity contribution in [1.82, 2.24) is 0 Å². The van der Waals surface area contributed by atoms with Gasteiger partial charge in [-0.1, -0.05) is 12.1 Å². The number of phenolic OH excluding ortho intramolecular Hbond substituents is 1.